The van der Waals surface area contributed by atoms with Crippen LogP contribution >= 0.6 is 0 Å². The van der Waals surface area contributed by atoms with Crippen molar-refractivity contribution < 1.29 is 9.59 Å². The lowest BCUT2D eigenvalue weighted by molar-refractivity contribution is -0.942. The summed E-state index contributed by atoms with van der Waals surface area (Å²) in [6.07, 6.45) is 32.0. The number of quaternary nitrogens is 1. The minimum absolute atomic E-state index is 0.341. The second-order valence-electron chi connectivity index (χ2n) is 9.37. The highest BCUT2D eigenvalue weighted by atomic mass is 16.3. The normalized spacial score (nSPS) is 22.1. The summed E-state index contributed by atoms with van der Waals surface area (Å²) in [4.78, 5) is 0. The van der Waals surface area contributed by atoms with Crippen LogP contribution in [0.2, 0.25) is 0 Å². The predicted octanol–water partition coefficient (Wildman–Crippen LogP) is 7.77. The number of aliphatic hydroxyl groups is 1. The molecule has 0 fully saturated rings. The molecule has 0 saturated heterocycles. The number of hydrogen-bond acceptors (Lipinski definition) is 2. The van der Waals surface area contributed by atoms with Crippen LogP contribution in [0.3, 0.4) is 0 Å². The summed E-state index contributed by atoms with van der Waals surface area (Å²) < 4.78 is 0.668. The van der Waals surface area contributed by atoms with Crippen molar-refractivity contribution in [2.75, 3.05) is 6.54 Å². The molecule has 1 aliphatic rings. The van der Waals surface area contributed by atoms with Crippen LogP contribution in [-0.2, 0) is 0 Å². The van der Waals surface area contributed by atoms with Gasteiger partial charge in [0, 0.05) is 13.3 Å². The van der Waals surface area contributed by atoms with Crippen LogP contribution in [0.5, 0.6) is 0 Å². The monoisotopic (exact) mass is 421 g/mol. The smallest absolute Gasteiger partial charge is 0.193 e. The maximum Gasteiger partial charge on any atom is 0.193 e. The highest BCUT2D eigenvalue weighted by Gasteiger charge is 2.40. The number of nitrogens with one attached hydrogen (secondary N) is 1. The Morgan fingerprint density at radius 1 is 0.800 bits per heavy atom. The lowest BCUT2D eigenvalue weighted by Gasteiger charge is -2.39. The van der Waals surface area contributed by atoms with Crippen LogP contribution < -0.4 is 5.32 Å². The molecule has 1 aliphatic heterocycles. The molecule has 0 aromatic carbocycles. The van der Waals surface area contributed by atoms with Crippen molar-refractivity contribution >= 4 is 0 Å². The number of allylic oxidation sites excluding steroid dienone is 2. The van der Waals surface area contributed by atoms with Crippen LogP contribution in [0, 0.1) is 0 Å². The minimum Gasteiger partial charge on any atom is -0.345 e. The van der Waals surface area contributed by atoms with E-state index in [0.29, 0.717) is 10.6 Å². The highest BCUT2D eigenvalue weighted by molar-refractivity contribution is 4.85. The summed E-state index contributed by atoms with van der Waals surface area (Å²) >= 11 is 0. The quantitative estimate of drug-likeness (QED) is 0.119. The van der Waals surface area contributed by atoms with Gasteiger partial charge in [0.2, 0.25) is 0 Å². The second-order valence-corrected chi connectivity index (χ2v) is 9.37. The van der Waals surface area contributed by atoms with E-state index >= 15 is 0 Å². The molecule has 2 N–H and O–H groups in total. The molecule has 0 bridgehead atoms. The van der Waals surface area contributed by atoms with Gasteiger partial charge in [-0.2, -0.15) is 0 Å². The van der Waals surface area contributed by atoms with E-state index in [1.807, 2.05) is 13.1 Å². The maximum atomic E-state index is 10.2. The second kappa shape index (κ2) is 17.8. The highest BCUT2D eigenvalue weighted by Crippen LogP contribution is 2.25. The van der Waals surface area contributed by atoms with Crippen molar-refractivity contribution in [3.8, 4) is 0 Å². The minimum atomic E-state index is -0.341. The van der Waals surface area contributed by atoms with Crippen LogP contribution in [0.15, 0.2) is 24.6 Å². The molecule has 3 atom stereocenters. The number of hydrogen-bond donors (Lipinski definition) is 2. The lowest BCUT2D eigenvalue weighted by atomic mass is 10.1. The molecular weight excluding hydrogens is 368 g/mol. The number of unbranched alkanes of at least 4 members (excludes halogenated alkanes) is 14. The molecule has 3 unspecified atom stereocenters. The third-order valence-electron chi connectivity index (χ3n) is 6.95. The van der Waals surface area contributed by atoms with E-state index in [-0.39, 0.29) is 6.23 Å². The Hall–Kier alpha value is -0.800. The summed E-state index contributed by atoms with van der Waals surface area (Å²) in [7, 11) is 0. The number of nitrogens with zero attached hydrogens (tertiary/aromatic N) is 1. The third-order valence-corrected chi connectivity index (χ3v) is 6.95. The van der Waals surface area contributed by atoms with E-state index in [4.69, 9.17) is 0 Å². The fraction of sp³-hybridized carbons (Fsp3) is 0.852. The Balaban J connectivity index is 1.88. The van der Waals surface area contributed by atoms with Crippen LogP contribution in [0.4, 0.5) is 0 Å². The maximum absolute atomic E-state index is 10.2. The molecule has 0 amide bonds. The summed E-state index contributed by atoms with van der Waals surface area (Å²) in [6.45, 7) is 7.31. The summed E-state index contributed by atoms with van der Waals surface area (Å²) in [5, 5.41) is 13.7. The Morgan fingerprint density at radius 3 is 1.80 bits per heavy atom. The summed E-state index contributed by atoms with van der Waals surface area (Å²) in [5.41, 5.74) is 0. The Morgan fingerprint density at radius 2 is 1.30 bits per heavy atom. The van der Waals surface area contributed by atoms with Gasteiger partial charge in [0.05, 0.1) is 12.7 Å². The largest absolute Gasteiger partial charge is 0.345 e. The molecule has 3 heteroatoms. The van der Waals surface area contributed by atoms with Gasteiger partial charge in [0.25, 0.3) is 0 Å². The molecule has 0 spiro atoms. The molecule has 0 radical (unpaired) electrons. The van der Waals surface area contributed by atoms with E-state index in [1.54, 1.807) is 0 Å². The van der Waals surface area contributed by atoms with Gasteiger partial charge in [-0.15, -0.1) is 0 Å². The molecule has 0 saturated carbocycles. The first-order chi connectivity index (χ1) is 14.7. The third kappa shape index (κ3) is 11.0. The molecule has 1 heterocycles. The first kappa shape index (κ1) is 27.2. The molecule has 3 nitrogen and oxygen atoms in total. The van der Waals surface area contributed by atoms with Gasteiger partial charge in [-0.25, -0.2) is 0 Å². The number of rotatable bonds is 20. The van der Waals surface area contributed by atoms with Gasteiger partial charge in [0.1, 0.15) is 6.20 Å². The molecular formula is C27H53N2O+. The van der Waals surface area contributed by atoms with Crippen LogP contribution in [0.25, 0.3) is 0 Å². The fourth-order valence-electron chi connectivity index (χ4n) is 4.77. The Labute approximate surface area is 188 Å². The van der Waals surface area contributed by atoms with Crippen molar-refractivity contribution in [3.05, 3.63) is 24.6 Å². The van der Waals surface area contributed by atoms with Gasteiger partial charge in [0.15, 0.2) is 12.4 Å². The Kier molecular flexibility index (Phi) is 16.2. The molecule has 0 aromatic rings. The Bertz CT molecular complexity index is 446. The molecule has 1 rings (SSSR count). The topological polar surface area (TPSA) is 32.3 Å². The lowest BCUT2D eigenvalue weighted by Crippen LogP contribution is -2.57. The van der Waals surface area contributed by atoms with Crippen molar-refractivity contribution in [1.82, 2.24) is 5.32 Å². The zero-order valence-electron chi connectivity index (χ0n) is 20.6. The van der Waals surface area contributed by atoms with Crippen molar-refractivity contribution in [1.29, 1.82) is 0 Å². The predicted molar refractivity (Wildman–Crippen MR) is 132 cm³/mol. The van der Waals surface area contributed by atoms with E-state index in [9.17, 15) is 5.11 Å². The van der Waals surface area contributed by atoms with Crippen LogP contribution in [0.1, 0.15) is 130 Å². The van der Waals surface area contributed by atoms with Gasteiger partial charge in [-0.1, -0.05) is 89.7 Å². The van der Waals surface area contributed by atoms with E-state index in [0.717, 1.165) is 13.0 Å². The van der Waals surface area contributed by atoms with E-state index in [2.05, 4.69) is 37.5 Å². The van der Waals surface area contributed by atoms with Crippen molar-refractivity contribution in [3.63, 3.8) is 0 Å². The van der Waals surface area contributed by atoms with Gasteiger partial charge in [-0.05, 0) is 39.0 Å². The first-order valence-corrected chi connectivity index (χ1v) is 13.3. The average Bonchev–Trinajstić information content (AvgIpc) is 3.17. The van der Waals surface area contributed by atoms with Crippen LogP contribution in [-0.4, -0.2) is 28.5 Å². The van der Waals surface area contributed by atoms with E-state index in [1.165, 1.54) is 103 Å². The molecule has 176 valence electrons. The van der Waals surface area contributed by atoms with Gasteiger partial charge < -0.3 is 10.4 Å². The van der Waals surface area contributed by atoms with Gasteiger partial charge >= 0.3 is 0 Å². The first-order valence-electron chi connectivity index (χ1n) is 13.3. The average molecular weight is 422 g/mol. The summed E-state index contributed by atoms with van der Waals surface area (Å²) in [6, 6.07) is 0. The molecule has 30 heavy (non-hydrogen) atoms. The molecule has 0 aromatic heterocycles. The zero-order chi connectivity index (χ0) is 21.9. The number of aliphatic hydroxyl groups excluding tert-OH is 1. The van der Waals surface area contributed by atoms with Gasteiger partial charge in [-0.3, -0.25) is 4.48 Å². The molecule has 0 aliphatic carbocycles. The van der Waals surface area contributed by atoms with E-state index < -0.39 is 0 Å². The fourth-order valence-corrected chi connectivity index (χ4v) is 4.77. The summed E-state index contributed by atoms with van der Waals surface area (Å²) in [5.74, 6) is 0. The zero-order valence-corrected chi connectivity index (χ0v) is 20.6. The van der Waals surface area contributed by atoms with Crippen molar-refractivity contribution in [2.24, 2.45) is 0 Å². The van der Waals surface area contributed by atoms with Crippen molar-refractivity contribution in [2.45, 2.75) is 142 Å². The SMILES string of the molecule is CCCCCCCCCCCC/C=C/CCCCCCC1NC=C[N+]1(CC)C(C)O. The standard InChI is InChI=1S/C27H53N2O/c1-4-6-7-8-9-10-11-12-13-14-15-16-17-18-19-20-21-22-23-27-28-24-25-29(27,5-2)26(3)30/h16-17,24-28,30H,4-15,18-23H2,1-3H3/q+1/b17-16+.